The molecule has 0 unspecified atom stereocenters. The number of hydrogen-bond acceptors (Lipinski definition) is 5. The van der Waals surface area contributed by atoms with Crippen molar-refractivity contribution in [3.8, 4) is 0 Å². The van der Waals surface area contributed by atoms with E-state index in [1.54, 1.807) is 16.3 Å². The third kappa shape index (κ3) is 2.61. The predicted octanol–water partition coefficient (Wildman–Crippen LogP) is 0.795. The van der Waals surface area contributed by atoms with Crippen LogP contribution < -0.4 is 5.32 Å². The standard InChI is InChI=1S/C15H19N3O4S/c1-9(19)16-11-3-4-23-12(11)13(20)18-6-10-5-17(2)7-15(10,8-18)14(21)22/h3-4,10H,5-8H2,1-2H3,(H,16,19)(H,21,22)/t10-,15-/m0/s1. The topological polar surface area (TPSA) is 90.0 Å². The van der Waals surface area contributed by atoms with E-state index >= 15 is 0 Å². The van der Waals surface area contributed by atoms with Crippen LogP contribution >= 0.6 is 11.3 Å². The number of likely N-dealkylation sites (tertiary alicyclic amines) is 2. The number of thiophene rings is 1. The predicted molar refractivity (Wildman–Crippen MR) is 85.6 cm³/mol. The molecule has 0 spiro atoms. The lowest BCUT2D eigenvalue weighted by atomic mass is 9.81. The van der Waals surface area contributed by atoms with Crippen LogP contribution in [0.5, 0.6) is 0 Å². The Hall–Kier alpha value is -1.93. The lowest BCUT2D eigenvalue weighted by molar-refractivity contribution is -0.148. The monoisotopic (exact) mass is 337 g/mol. The lowest BCUT2D eigenvalue weighted by Crippen LogP contribution is -2.41. The zero-order valence-electron chi connectivity index (χ0n) is 13.0. The molecule has 1 aromatic rings. The number of rotatable bonds is 3. The van der Waals surface area contributed by atoms with Gasteiger partial charge >= 0.3 is 5.97 Å². The molecule has 0 aromatic carbocycles. The molecule has 0 bridgehead atoms. The van der Waals surface area contributed by atoms with Gasteiger partial charge in [-0.3, -0.25) is 14.4 Å². The van der Waals surface area contributed by atoms with E-state index in [4.69, 9.17) is 0 Å². The first-order valence-electron chi connectivity index (χ1n) is 7.40. The lowest BCUT2D eigenvalue weighted by Gasteiger charge is -2.24. The van der Waals surface area contributed by atoms with Crippen molar-refractivity contribution < 1.29 is 19.5 Å². The van der Waals surface area contributed by atoms with Crippen LogP contribution in [0, 0.1) is 11.3 Å². The molecule has 2 N–H and O–H groups in total. The van der Waals surface area contributed by atoms with Crippen LogP contribution in [0.15, 0.2) is 11.4 Å². The van der Waals surface area contributed by atoms with E-state index in [2.05, 4.69) is 5.32 Å². The minimum atomic E-state index is -0.879. The van der Waals surface area contributed by atoms with E-state index in [1.165, 1.54) is 18.3 Å². The fourth-order valence-corrected chi connectivity index (χ4v) is 4.50. The zero-order chi connectivity index (χ0) is 16.8. The fourth-order valence-electron chi connectivity index (χ4n) is 3.68. The second-order valence-electron chi connectivity index (χ2n) is 6.39. The number of anilines is 1. The quantitative estimate of drug-likeness (QED) is 0.851. The number of amides is 2. The highest BCUT2D eigenvalue weighted by molar-refractivity contribution is 7.12. The number of nitrogens with one attached hydrogen (secondary N) is 1. The van der Waals surface area contributed by atoms with Gasteiger partial charge in [-0.1, -0.05) is 0 Å². The summed E-state index contributed by atoms with van der Waals surface area (Å²) in [5, 5.41) is 14.1. The summed E-state index contributed by atoms with van der Waals surface area (Å²) in [5.74, 6) is -1.34. The van der Waals surface area contributed by atoms with Crippen LogP contribution in [0.2, 0.25) is 0 Å². The first-order valence-corrected chi connectivity index (χ1v) is 8.28. The third-order valence-corrected chi connectivity index (χ3v) is 5.57. The van der Waals surface area contributed by atoms with Crippen molar-refractivity contribution in [3.05, 3.63) is 16.3 Å². The third-order valence-electron chi connectivity index (χ3n) is 4.66. The van der Waals surface area contributed by atoms with Crippen molar-refractivity contribution >= 4 is 34.8 Å². The Morgan fingerprint density at radius 3 is 2.70 bits per heavy atom. The van der Waals surface area contributed by atoms with Gasteiger partial charge < -0.3 is 20.2 Å². The molecule has 2 atom stereocenters. The smallest absolute Gasteiger partial charge is 0.313 e. The number of hydrogen-bond donors (Lipinski definition) is 2. The average Bonchev–Trinajstić information content (AvgIpc) is 3.09. The molecule has 2 amide bonds. The minimum Gasteiger partial charge on any atom is -0.481 e. The van der Waals surface area contributed by atoms with Gasteiger partial charge in [0, 0.05) is 39.0 Å². The summed E-state index contributed by atoms with van der Waals surface area (Å²) in [5.41, 5.74) is -0.387. The van der Waals surface area contributed by atoms with Crippen LogP contribution in [-0.2, 0) is 9.59 Å². The highest BCUT2D eigenvalue weighted by atomic mass is 32.1. The molecule has 3 heterocycles. The van der Waals surface area contributed by atoms with Crippen molar-refractivity contribution in [1.82, 2.24) is 9.80 Å². The van der Waals surface area contributed by atoms with Gasteiger partial charge in [-0.05, 0) is 18.5 Å². The average molecular weight is 337 g/mol. The number of carbonyl (C=O) groups is 3. The van der Waals surface area contributed by atoms with Gasteiger partial charge in [-0.25, -0.2) is 0 Å². The molecule has 3 rings (SSSR count). The van der Waals surface area contributed by atoms with Crippen molar-refractivity contribution in [2.24, 2.45) is 11.3 Å². The minimum absolute atomic E-state index is 0.0573. The molecule has 2 aliphatic rings. The summed E-state index contributed by atoms with van der Waals surface area (Å²) >= 11 is 1.26. The molecule has 0 radical (unpaired) electrons. The normalized spacial score (nSPS) is 27.0. The molecule has 2 fully saturated rings. The highest BCUT2D eigenvalue weighted by Gasteiger charge is 2.57. The van der Waals surface area contributed by atoms with Gasteiger partial charge in [0.05, 0.1) is 5.69 Å². The molecule has 2 saturated heterocycles. The van der Waals surface area contributed by atoms with Crippen molar-refractivity contribution in [2.45, 2.75) is 6.92 Å². The maximum atomic E-state index is 12.8. The van der Waals surface area contributed by atoms with Gasteiger partial charge in [-0.2, -0.15) is 0 Å². The van der Waals surface area contributed by atoms with Crippen LogP contribution in [0.3, 0.4) is 0 Å². The number of nitrogens with zero attached hydrogens (tertiary/aromatic N) is 2. The Morgan fingerprint density at radius 1 is 1.35 bits per heavy atom. The maximum Gasteiger partial charge on any atom is 0.313 e. The van der Waals surface area contributed by atoms with Crippen LogP contribution in [-0.4, -0.2) is 65.9 Å². The molecular weight excluding hydrogens is 318 g/mol. The molecule has 7 nitrogen and oxygen atoms in total. The Morgan fingerprint density at radius 2 is 2.09 bits per heavy atom. The number of fused-ring (bicyclic) bond motifs is 1. The number of aliphatic carboxylic acids is 1. The Balaban J connectivity index is 1.82. The fraction of sp³-hybridized carbons (Fsp3) is 0.533. The van der Waals surface area contributed by atoms with Gasteiger partial charge in [-0.15, -0.1) is 11.3 Å². The number of carboxylic acid groups (broad SMARTS) is 1. The van der Waals surface area contributed by atoms with E-state index < -0.39 is 11.4 Å². The summed E-state index contributed by atoms with van der Waals surface area (Å²) < 4.78 is 0. The summed E-state index contributed by atoms with van der Waals surface area (Å²) in [4.78, 5) is 39.9. The van der Waals surface area contributed by atoms with Gasteiger partial charge in [0.25, 0.3) is 5.91 Å². The van der Waals surface area contributed by atoms with E-state index in [9.17, 15) is 19.5 Å². The molecular formula is C15H19N3O4S. The molecule has 8 heteroatoms. The first kappa shape index (κ1) is 15.9. The second kappa shape index (κ2) is 5.61. The van der Waals surface area contributed by atoms with Crippen LogP contribution in [0.25, 0.3) is 0 Å². The summed E-state index contributed by atoms with van der Waals surface area (Å²) in [6.45, 7) is 3.18. The molecule has 0 aliphatic carbocycles. The summed E-state index contributed by atoms with van der Waals surface area (Å²) in [6.07, 6.45) is 0. The summed E-state index contributed by atoms with van der Waals surface area (Å²) in [7, 11) is 1.91. The van der Waals surface area contributed by atoms with E-state index in [0.717, 1.165) is 0 Å². The molecule has 2 aliphatic heterocycles. The Labute approximate surface area is 137 Å². The van der Waals surface area contributed by atoms with Gasteiger partial charge in [0.1, 0.15) is 10.3 Å². The van der Waals surface area contributed by atoms with Crippen LogP contribution in [0.1, 0.15) is 16.6 Å². The first-order chi connectivity index (χ1) is 10.8. The van der Waals surface area contributed by atoms with Crippen molar-refractivity contribution in [2.75, 3.05) is 38.5 Å². The molecule has 124 valence electrons. The van der Waals surface area contributed by atoms with Crippen LogP contribution in [0.4, 0.5) is 5.69 Å². The molecule has 0 saturated carbocycles. The largest absolute Gasteiger partial charge is 0.481 e. The summed E-state index contributed by atoms with van der Waals surface area (Å²) in [6, 6.07) is 1.69. The number of carboxylic acids is 1. The van der Waals surface area contributed by atoms with Crippen molar-refractivity contribution in [3.63, 3.8) is 0 Å². The van der Waals surface area contributed by atoms with E-state index in [1.807, 2.05) is 11.9 Å². The maximum absolute atomic E-state index is 12.8. The Kier molecular flexibility index (Phi) is 3.89. The zero-order valence-corrected chi connectivity index (χ0v) is 13.9. The van der Waals surface area contributed by atoms with Gasteiger partial charge in [0.15, 0.2) is 0 Å². The second-order valence-corrected chi connectivity index (χ2v) is 7.30. The van der Waals surface area contributed by atoms with Gasteiger partial charge in [0.2, 0.25) is 5.91 Å². The van der Waals surface area contributed by atoms with E-state index in [0.29, 0.717) is 30.2 Å². The number of carbonyl (C=O) groups excluding carboxylic acids is 2. The molecule has 1 aromatic heterocycles. The van der Waals surface area contributed by atoms with Crippen molar-refractivity contribution in [1.29, 1.82) is 0 Å². The Bertz CT molecular complexity index is 673. The SMILES string of the molecule is CC(=O)Nc1ccsc1C(=O)N1C[C@@H]2CN(C)C[C@]2(C(=O)O)C1. The highest BCUT2D eigenvalue weighted by Crippen LogP contribution is 2.43. The van der Waals surface area contributed by atoms with E-state index in [-0.39, 0.29) is 24.3 Å². The molecule has 23 heavy (non-hydrogen) atoms.